The van der Waals surface area contributed by atoms with Gasteiger partial charge in [-0.05, 0) is 37.0 Å². The van der Waals surface area contributed by atoms with Gasteiger partial charge in [0.2, 0.25) is 0 Å². The molecule has 1 aliphatic carbocycles. The number of halogens is 1. The van der Waals surface area contributed by atoms with Gasteiger partial charge in [0, 0.05) is 62.5 Å². The highest BCUT2D eigenvalue weighted by atomic mass is 35.5. The lowest BCUT2D eigenvalue weighted by molar-refractivity contribution is -0.0132. The maximum atomic E-state index is 7.82. The van der Waals surface area contributed by atoms with Gasteiger partial charge in [0.1, 0.15) is 5.15 Å². The number of nitrogens with one attached hydrogen (secondary N) is 2. The van der Waals surface area contributed by atoms with Gasteiger partial charge in [-0.2, -0.15) is 0 Å². The Hall–Kier alpha value is -2.06. The first kappa shape index (κ1) is 21.2. The predicted octanol–water partition coefficient (Wildman–Crippen LogP) is 2.99. The molecule has 2 fully saturated rings. The van der Waals surface area contributed by atoms with E-state index in [1.807, 2.05) is 18.3 Å². The molecule has 0 spiro atoms. The molecule has 3 heterocycles. The van der Waals surface area contributed by atoms with Crippen LogP contribution in [0.4, 0.5) is 0 Å². The van der Waals surface area contributed by atoms with Gasteiger partial charge in [0.05, 0.1) is 30.4 Å². The van der Waals surface area contributed by atoms with Crippen LogP contribution in [0.2, 0.25) is 5.15 Å². The van der Waals surface area contributed by atoms with Crippen molar-refractivity contribution >= 4 is 34.4 Å². The van der Waals surface area contributed by atoms with E-state index in [1.165, 1.54) is 19.1 Å². The minimum Gasteiger partial charge on any atom is -0.388 e. The molecular formula is C22H28ClN5O2. The summed E-state index contributed by atoms with van der Waals surface area (Å²) in [6.07, 6.45) is 7.59. The second-order valence-corrected chi connectivity index (χ2v) is 8.25. The third-order valence-corrected chi connectivity index (χ3v) is 5.64. The quantitative estimate of drug-likeness (QED) is 0.446. The highest BCUT2D eigenvalue weighted by molar-refractivity contribution is 6.29. The first-order chi connectivity index (χ1) is 14.7. The van der Waals surface area contributed by atoms with Crippen LogP contribution >= 0.6 is 11.6 Å². The fourth-order valence-corrected chi connectivity index (χ4v) is 3.61. The fraction of sp³-hybridized carbons (Fsp3) is 0.500. The van der Waals surface area contributed by atoms with Crippen molar-refractivity contribution in [1.82, 2.24) is 20.2 Å². The van der Waals surface area contributed by atoms with E-state index in [0.717, 1.165) is 62.0 Å². The highest BCUT2D eigenvalue weighted by Gasteiger charge is 2.24. The molecule has 30 heavy (non-hydrogen) atoms. The third-order valence-electron chi connectivity index (χ3n) is 5.43. The Kier molecular flexibility index (Phi) is 7.28. The van der Waals surface area contributed by atoms with E-state index in [-0.39, 0.29) is 6.10 Å². The number of fused-ring (bicyclic) bond motifs is 1. The van der Waals surface area contributed by atoms with Gasteiger partial charge in [-0.15, -0.1) is 0 Å². The minimum absolute atomic E-state index is 0.0992. The maximum Gasteiger partial charge on any atom is 0.129 e. The van der Waals surface area contributed by atoms with E-state index >= 15 is 0 Å². The van der Waals surface area contributed by atoms with Crippen molar-refractivity contribution in [2.45, 2.75) is 18.9 Å². The Morgan fingerprint density at radius 3 is 2.93 bits per heavy atom. The number of morpholine rings is 1. The zero-order valence-corrected chi connectivity index (χ0v) is 17.8. The molecule has 4 rings (SSSR count). The zero-order chi connectivity index (χ0) is 20.8. The molecule has 1 saturated carbocycles. The Morgan fingerprint density at radius 1 is 1.33 bits per heavy atom. The summed E-state index contributed by atoms with van der Waals surface area (Å²) >= 11 is 6.00. The van der Waals surface area contributed by atoms with Crippen LogP contribution in [-0.2, 0) is 9.47 Å². The molecule has 2 aliphatic rings. The summed E-state index contributed by atoms with van der Waals surface area (Å²) in [5.74, 6) is 0.730. The molecular weight excluding hydrogens is 402 g/mol. The average molecular weight is 430 g/mol. The molecule has 1 aliphatic heterocycles. The van der Waals surface area contributed by atoms with Crippen LogP contribution in [0, 0.1) is 11.3 Å². The van der Waals surface area contributed by atoms with Crippen molar-refractivity contribution in [3.63, 3.8) is 0 Å². The number of allylic oxidation sites excluding steroid dienone is 1. The summed E-state index contributed by atoms with van der Waals surface area (Å²) in [6.45, 7) is 5.87. The molecule has 8 heteroatoms. The lowest BCUT2D eigenvalue weighted by atomic mass is 10.1. The molecule has 0 aromatic carbocycles. The van der Waals surface area contributed by atoms with Crippen LogP contribution in [0.25, 0.3) is 16.6 Å². The molecule has 1 unspecified atom stereocenters. The van der Waals surface area contributed by atoms with Crippen LogP contribution in [0.1, 0.15) is 18.4 Å². The number of nitrogens with zero attached hydrogens (tertiary/aromatic N) is 3. The van der Waals surface area contributed by atoms with Crippen molar-refractivity contribution < 1.29 is 9.47 Å². The summed E-state index contributed by atoms with van der Waals surface area (Å²) in [6, 6.07) is 5.47. The Bertz CT molecular complexity index is 896. The smallest absolute Gasteiger partial charge is 0.129 e. The van der Waals surface area contributed by atoms with E-state index < -0.39 is 0 Å². The van der Waals surface area contributed by atoms with Crippen molar-refractivity contribution in [3.05, 3.63) is 41.3 Å². The largest absolute Gasteiger partial charge is 0.388 e. The normalized spacial score (nSPS) is 19.0. The third kappa shape index (κ3) is 5.98. The Labute approximate surface area is 181 Å². The van der Waals surface area contributed by atoms with Crippen LogP contribution in [-0.4, -0.2) is 73.2 Å². The minimum atomic E-state index is 0.0992. The van der Waals surface area contributed by atoms with Gasteiger partial charge in [-0.3, -0.25) is 9.88 Å². The molecule has 1 saturated heterocycles. The number of rotatable bonds is 10. The molecule has 0 amide bonds. The number of aromatic nitrogens is 2. The molecule has 0 bridgehead atoms. The van der Waals surface area contributed by atoms with Crippen molar-refractivity contribution in [2.75, 3.05) is 46.0 Å². The molecule has 0 radical (unpaired) electrons. The maximum absolute atomic E-state index is 7.82. The molecule has 2 aromatic rings. The SMILES string of the molecule is N=C/C(=C\NCC(CN1CCOCC1)OCC1CC1)c1cnc2ccc(Cl)nc2c1. The van der Waals surface area contributed by atoms with Crippen LogP contribution in [0.5, 0.6) is 0 Å². The van der Waals surface area contributed by atoms with Crippen molar-refractivity contribution in [3.8, 4) is 0 Å². The van der Waals surface area contributed by atoms with Gasteiger partial charge >= 0.3 is 0 Å². The second kappa shape index (κ2) is 10.3. The van der Waals surface area contributed by atoms with Crippen LogP contribution in [0.15, 0.2) is 30.6 Å². The number of ether oxygens (including phenoxy) is 2. The monoisotopic (exact) mass is 429 g/mol. The molecule has 1 atom stereocenters. The predicted molar refractivity (Wildman–Crippen MR) is 119 cm³/mol. The fourth-order valence-electron chi connectivity index (χ4n) is 3.45. The lowest BCUT2D eigenvalue weighted by Crippen LogP contribution is -2.44. The number of hydrogen-bond acceptors (Lipinski definition) is 7. The van der Waals surface area contributed by atoms with Crippen molar-refractivity contribution in [1.29, 1.82) is 5.41 Å². The average Bonchev–Trinajstić information content (AvgIpc) is 3.59. The number of hydrogen-bond donors (Lipinski definition) is 2. The second-order valence-electron chi connectivity index (χ2n) is 7.86. The zero-order valence-electron chi connectivity index (χ0n) is 17.0. The van der Waals surface area contributed by atoms with Gasteiger partial charge in [-0.1, -0.05) is 11.6 Å². The summed E-state index contributed by atoms with van der Waals surface area (Å²) in [7, 11) is 0. The van der Waals surface area contributed by atoms with Gasteiger partial charge in [-0.25, -0.2) is 4.98 Å². The van der Waals surface area contributed by atoms with Crippen LogP contribution in [0.3, 0.4) is 0 Å². The summed E-state index contributed by atoms with van der Waals surface area (Å²) in [4.78, 5) is 11.1. The van der Waals surface area contributed by atoms with E-state index in [1.54, 1.807) is 12.3 Å². The topological polar surface area (TPSA) is 83.4 Å². The van der Waals surface area contributed by atoms with Gasteiger partial charge in [0.25, 0.3) is 0 Å². The van der Waals surface area contributed by atoms with E-state index in [9.17, 15) is 0 Å². The molecule has 160 valence electrons. The summed E-state index contributed by atoms with van der Waals surface area (Å²) < 4.78 is 11.6. The highest BCUT2D eigenvalue weighted by Crippen LogP contribution is 2.29. The number of pyridine rings is 2. The van der Waals surface area contributed by atoms with E-state index in [0.29, 0.717) is 17.2 Å². The first-order valence-electron chi connectivity index (χ1n) is 10.5. The summed E-state index contributed by atoms with van der Waals surface area (Å²) in [5.41, 5.74) is 3.05. The van der Waals surface area contributed by atoms with E-state index in [2.05, 4.69) is 20.2 Å². The van der Waals surface area contributed by atoms with Gasteiger partial charge < -0.3 is 20.2 Å². The Balaban J connectivity index is 1.39. The van der Waals surface area contributed by atoms with Crippen LogP contribution < -0.4 is 5.32 Å². The van der Waals surface area contributed by atoms with E-state index in [4.69, 9.17) is 26.5 Å². The van der Waals surface area contributed by atoms with Gasteiger partial charge in [0.15, 0.2) is 0 Å². The first-order valence-corrected chi connectivity index (χ1v) is 10.9. The molecule has 7 nitrogen and oxygen atoms in total. The molecule has 2 aromatic heterocycles. The molecule has 2 N–H and O–H groups in total. The lowest BCUT2D eigenvalue weighted by Gasteiger charge is -2.30. The Morgan fingerprint density at radius 2 is 2.17 bits per heavy atom. The standard InChI is InChI=1S/C22H28ClN5O2/c23-22-4-3-20-21(27-22)9-17(12-26-20)18(10-24)11-25-13-19(30-15-16-1-2-16)14-28-5-7-29-8-6-28/h3-4,9-12,16,19,24-25H,1-2,5-8,13-15H2/b18-11+,24-10?. The van der Waals surface area contributed by atoms with Crippen molar-refractivity contribution in [2.24, 2.45) is 5.92 Å². The summed E-state index contributed by atoms with van der Waals surface area (Å²) in [5, 5.41) is 11.6.